The SMILES string of the molecule is Cc1cc(C(=O)Nc2ccc3oc(C(=O)N4CCOCC4)cc3c2)c(C)o1. The Labute approximate surface area is 155 Å². The molecule has 140 valence electrons. The summed E-state index contributed by atoms with van der Waals surface area (Å²) in [5.74, 6) is 1.17. The molecule has 1 aliphatic rings. The number of rotatable bonds is 3. The minimum atomic E-state index is -0.239. The summed E-state index contributed by atoms with van der Waals surface area (Å²) < 4.78 is 16.4. The Morgan fingerprint density at radius 3 is 2.52 bits per heavy atom. The van der Waals surface area contributed by atoms with E-state index < -0.39 is 0 Å². The van der Waals surface area contributed by atoms with Gasteiger partial charge in [0, 0.05) is 24.2 Å². The van der Waals surface area contributed by atoms with E-state index in [-0.39, 0.29) is 17.6 Å². The Morgan fingerprint density at radius 1 is 1.04 bits per heavy atom. The van der Waals surface area contributed by atoms with Gasteiger partial charge in [-0.25, -0.2) is 0 Å². The van der Waals surface area contributed by atoms with Crippen molar-refractivity contribution in [1.29, 1.82) is 0 Å². The zero-order valence-corrected chi connectivity index (χ0v) is 15.2. The number of aryl methyl sites for hydroxylation is 2. The van der Waals surface area contributed by atoms with Gasteiger partial charge < -0.3 is 23.8 Å². The Hall–Kier alpha value is -3.06. The normalized spacial score (nSPS) is 14.5. The van der Waals surface area contributed by atoms with Crippen molar-refractivity contribution in [3.63, 3.8) is 0 Å². The predicted molar refractivity (Wildman–Crippen MR) is 99.1 cm³/mol. The van der Waals surface area contributed by atoms with E-state index in [4.69, 9.17) is 13.6 Å². The van der Waals surface area contributed by atoms with Crippen molar-refractivity contribution in [3.8, 4) is 0 Å². The van der Waals surface area contributed by atoms with Gasteiger partial charge in [-0.15, -0.1) is 0 Å². The van der Waals surface area contributed by atoms with E-state index in [1.54, 1.807) is 49.1 Å². The number of carbonyl (C=O) groups excluding carboxylic acids is 2. The maximum atomic E-state index is 12.6. The lowest BCUT2D eigenvalue weighted by Crippen LogP contribution is -2.40. The van der Waals surface area contributed by atoms with E-state index in [0.29, 0.717) is 54.7 Å². The molecule has 0 saturated carbocycles. The van der Waals surface area contributed by atoms with E-state index in [1.165, 1.54) is 0 Å². The maximum absolute atomic E-state index is 12.6. The second-order valence-corrected chi connectivity index (χ2v) is 6.55. The maximum Gasteiger partial charge on any atom is 0.289 e. The van der Waals surface area contributed by atoms with E-state index in [2.05, 4.69) is 5.32 Å². The summed E-state index contributed by atoms with van der Waals surface area (Å²) in [6.07, 6.45) is 0. The molecule has 27 heavy (non-hydrogen) atoms. The van der Waals surface area contributed by atoms with Crippen molar-refractivity contribution in [2.75, 3.05) is 31.6 Å². The van der Waals surface area contributed by atoms with Crippen molar-refractivity contribution in [1.82, 2.24) is 4.90 Å². The van der Waals surface area contributed by atoms with E-state index in [0.717, 1.165) is 5.39 Å². The molecule has 1 aliphatic heterocycles. The Bertz CT molecular complexity index is 1010. The number of fused-ring (bicyclic) bond motifs is 1. The number of nitrogens with one attached hydrogen (secondary N) is 1. The van der Waals surface area contributed by atoms with Gasteiger partial charge in [0.05, 0.1) is 18.8 Å². The molecule has 1 fully saturated rings. The summed E-state index contributed by atoms with van der Waals surface area (Å²) in [6, 6.07) is 8.69. The summed E-state index contributed by atoms with van der Waals surface area (Å²) in [7, 11) is 0. The lowest BCUT2D eigenvalue weighted by molar-refractivity contribution is 0.0284. The van der Waals surface area contributed by atoms with Crippen molar-refractivity contribution in [2.24, 2.45) is 0 Å². The first-order valence-corrected chi connectivity index (χ1v) is 8.80. The van der Waals surface area contributed by atoms with Gasteiger partial charge in [0.1, 0.15) is 17.1 Å². The summed E-state index contributed by atoms with van der Waals surface area (Å²) in [5, 5.41) is 3.61. The van der Waals surface area contributed by atoms with Crippen LogP contribution in [0.3, 0.4) is 0 Å². The van der Waals surface area contributed by atoms with Crippen LogP contribution in [0.5, 0.6) is 0 Å². The van der Waals surface area contributed by atoms with Gasteiger partial charge in [-0.05, 0) is 44.2 Å². The molecule has 0 aliphatic carbocycles. The van der Waals surface area contributed by atoms with Crippen molar-refractivity contribution in [3.05, 3.63) is 53.2 Å². The van der Waals surface area contributed by atoms with Gasteiger partial charge in [-0.2, -0.15) is 0 Å². The van der Waals surface area contributed by atoms with Crippen LogP contribution < -0.4 is 5.32 Å². The molecule has 7 heteroatoms. The highest BCUT2D eigenvalue weighted by Gasteiger charge is 2.22. The number of carbonyl (C=O) groups is 2. The molecule has 0 unspecified atom stereocenters. The molecule has 2 aromatic heterocycles. The average molecular weight is 368 g/mol. The first-order chi connectivity index (χ1) is 13.0. The molecular formula is C20H20N2O5. The van der Waals surface area contributed by atoms with E-state index in [1.807, 2.05) is 0 Å². The Morgan fingerprint density at radius 2 is 1.81 bits per heavy atom. The van der Waals surface area contributed by atoms with Crippen LogP contribution in [0.15, 0.2) is 39.2 Å². The molecule has 1 aromatic carbocycles. The van der Waals surface area contributed by atoms with Crippen LogP contribution in [0.2, 0.25) is 0 Å². The third-order valence-electron chi connectivity index (χ3n) is 4.57. The quantitative estimate of drug-likeness (QED) is 0.766. The highest BCUT2D eigenvalue weighted by molar-refractivity contribution is 6.06. The minimum absolute atomic E-state index is 0.149. The van der Waals surface area contributed by atoms with E-state index in [9.17, 15) is 9.59 Å². The molecule has 2 amide bonds. The monoisotopic (exact) mass is 368 g/mol. The lowest BCUT2D eigenvalue weighted by atomic mass is 10.2. The van der Waals surface area contributed by atoms with Gasteiger partial charge in [0.15, 0.2) is 5.76 Å². The van der Waals surface area contributed by atoms with Crippen LogP contribution in [-0.2, 0) is 4.74 Å². The molecule has 4 rings (SSSR count). The summed E-state index contributed by atoms with van der Waals surface area (Å²) in [4.78, 5) is 26.7. The number of hydrogen-bond acceptors (Lipinski definition) is 5. The molecule has 7 nitrogen and oxygen atoms in total. The highest BCUT2D eigenvalue weighted by Crippen LogP contribution is 2.25. The van der Waals surface area contributed by atoms with Crippen LogP contribution in [0.25, 0.3) is 11.0 Å². The molecule has 0 radical (unpaired) electrons. The Balaban J connectivity index is 1.54. The van der Waals surface area contributed by atoms with Gasteiger partial charge in [-0.1, -0.05) is 0 Å². The highest BCUT2D eigenvalue weighted by atomic mass is 16.5. The third-order valence-corrected chi connectivity index (χ3v) is 4.57. The largest absolute Gasteiger partial charge is 0.466 e. The number of amides is 2. The van der Waals surface area contributed by atoms with Gasteiger partial charge in [-0.3, -0.25) is 9.59 Å². The van der Waals surface area contributed by atoms with Crippen molar-refractivity contribution >= 4 is 28.5 Å². The average Bonchev–Trinajstić information content (AvgIpc) is 3.24. The molecular weight excluding hydrogens is 348 g/mol. The number of nitrogens with zero attached hydrogens (tertiary/aromatic N) is 1. The van der Waals surface area contributed by atoms with Gasteiger partial charge in [0.2, 0.25) is 0 Å². The standard InChI is InChI=1S/C20H20N2O5/c1-12-9-16(13(2)26-12)19(23)21-15-3-4-17-14(10-15)11-18(27-17)20(24)22-5-7-25-8-6-22/h3-4,9-11H,5-8H2,1-2H3,(H,21,23). The van der Waals surface area contributed by atoms with Crippen LogP contribution >= 0.6 is 0 Å². The predicted octanol–water partition coefficient (Wildman–Crippen LogP) is 3.37. The topological polar surface area (TPSA) is 84.9 Å². The second kappa shape index (κ2) is 6.92. The second-order valence-electron chi connectivity index (χ2n) is 6.55. The molecule has 0 bridgehead atoms. The number of furan rings is 2. The number of hydrogen-bond donors (Lipinski definition) is 1. The molecule has 1 saturated heterocycles. The number of benzene rings is 1. The first kappa shape index (κ1) is 17.4. The van der Waals surface area contributed by atoms with Crippen LogP contribution in [0.4, 0.5) is 5.69 Å². The molecule has 0 atom stereocenters. The van der Waals surface area contributed by atoms with Gasteiger partial charge >= 0.3 is 0 Å². The number of morpholine rings is 1. The summed E-state index contributed by atoms with van der Waals surface area (Å²) in [6.45, 7) is 5.74. The fourth-order valence-electron chi connectivity index (χ4n) is 3.20. The molecule has 3 heterocycles. The zero-order valence-electron chi connectivity index (χ0n) is 15.2. The smallest absolute Gasteiger partial charge is 0.289 e. The van der Waals surface area contributed by atoms with Crippen molar-refractivity contribution < 1.29 is 23.2 Å². The number of ether oxygens (including phenoxy) is 1. The third kappa shape index (κ3) is 3.46. The van der Waals surface area contributed by atoms with E-state index >= 15 is 0 Å². The van der Waals surface area contributed by atoms with Crippen LogP contribution in [0, 0.1) is 13.8 Å². The van der Waals surface area contributed by atoms with Gasteiger partial charge in [0.25, 0.3) is 11.8 Å². The summed E-state index contributed by atoms with van der Waals surface area (Å²) in [5.41, 5.74) is 1.72. The van der Waals surface area contributed by atoms with Crippen LogP contribution in [-0.4, -0.2) is 43.0 Å². The van der Waals surface area contributed by atoms with Crippen molar-refractivity contribution in [2.45, 2.75) is 13.8 Å². The summed E-state index contributed by atoms with van der Waals surface area (Å²) >= 11 is 0. The molecule has 1 N–H and O–H groups in total. The molecule has 3 aromatic rings. The lowest BCUT2D eigenvalue weighted by Gasteiger charge is -2.25. The Kier molecular flexibility index (Phi) is 4.45. The fourth-order valence-corrected chi connectivity index (χ4v) is 3.20. The van der Waals surface area contributed by atoms with Crippen LogP contribution in [0.1, 0.15) is 32.4 Å². The first-order valence-electron chi connectivity index (χ1n) is 8.80. The fraction of sp³-hybridized carbons (Fsp3) is 0.300. The minimum Gasteiger partial charge on any atom is -0.466 e. The number of anilines is 1. The zero-order chi connectivity index (χ0) is 19.0. The molecule has 0 spiro atoms.